The maximum Gasteiger partial charge on any atom is 0.255 e. The van der Waals surface area contributed by atoms with Gasteiger partial charge < -0.3 is 4.90 Å². The Morgan fingerprint density at radius 1 is 1.29 bits per heavy atom. The van der Waals surface area contributed by atoms with Crippen LogP contribution in [0.1, 0.15) is 23.2 Å². The van der Waals surface area contributed by atoms with E-state index in [1.165, 1.54) is 0 Å². The number of hydrogen-bond donors (Lipinski definition) is 0. The van der Waals surface area contributed by atoms with Crippen LogP contribution in [0.5, 0.6) is 0 Å². The average Bonchev–Trinajstić information content (AvgIpc) is 2.32. The number of piperidine rings is 1. The number of hydrogen-bond acceptors (Lipinski definition) is 2. The Balaban J connectivity index is 2.19. The minimum absolute atomic E-state index is 0.00268. The zero-order chi connectivity index (χ0) is 12.4. The van der Waals surface area contributed by atoms with Gasteiger partial charge in [0.05, 0.1) is 5.56 Å². The van der Waals surface area contributed by atoms with Gasteiger partial charge in [-0.25, -0.2) is 0 Å². The molecule has 0 saturated carbocycles. The summed E-state index contributed by atoms with van der Waals surface area (Å²) in [5.74, 6) is 0.249. The summed E-state index contributed by atoms with van der Waals surface area (Å²) in [6.07, 6.45) is 0.959. The standard InChI is InChI=1S/C12H11BrINO2/c13-11-2-1-8(14)7-10(11)12(17)15-5-3-9(16)4-6-15/h1-2,7H,3-6H2. The number of carbonyl (C=O) groups is 2. The molecule has 1 aliphatic heterocycles. The molecule has 0 spiro atoms. The largest absolute Gasteiger partial charge is 0.338 e. The number of amides is 1. The summed E-state index contributed by atoms with van der Waals surface area (Å²) in [7, 11) is 0. The van der Waals surface area contributed by atoms with Gasteiger partial charge in [0.2, 0.25) is 0 Å². The van der Waals surface area contributed by atoms with Crippen LogP contribution in [0.25, 0.3) is 0 Å². The van der Waals surface area contributed by atoms with Crippen molar-refractivity contribution in [3.8, 4) is 0 Å². The number of carbonyl (C=O) groups excluding carboxylic acids is 2. The summed E-state index contributed by atoms with van der Waals surface area (Å²) in [6, 6.07) is 5.69. The van der Waals surface area contributed by atoms with E-state index in [-0.39, 0.29) is 11.7 Å². The Bertz CT molecular complexity index is 466. The molecule has 90 valence electrons. The van der Waals surface area contributed by atoms with Crippen LogP contribution < -0.4 is 0 Å². The summed E-state index contributed by atoms with van der Waals surface area (Å²) >= 11 is 5.58. The predicted molar refractivity (Wildman–Crippen MR) is 77.0 cm³/mol. The van der Waals surface area contributed by atoms with Crippen LogP contribution in [-0.4, -0.2) is 29.7 Å². The lowest BCUT2D eigenvalue weighted by atomic mass is 10.1. The third-order valence-corrected chi connectivity index (χ3v) is 4.13. The molecule has 1 aromatic rings. The van der Waals surface area contributed by atoms with Crippen molar-refractivity contribution in [3.05, 3.63) is 31.8 Å². The molecule has 1 amide bonds. The van der Waals surface area contributed by atoms with Gasteiger partial charge in [-0.2, -0.15) is 0 Å². The number of Topliss-reactive ketones (excluding diaryl/α,β-unsaturated/α-hetero) is 1. The highest BCUT2D eigenvalue weighted by Gasteiger charge is 2.23. The third kappa shape index (κ3) is 3.07. The van der Waals surface area contributed by atoms with Crippen molar-refractivity contribution in [1.82, 2.24) is 4.90 Å². The highest BCUT2D eigenvalue weighted by molar-refractivity contribution is 14.1. The summed E-state index contributed by atoms with van der Waals surface area (Å²) < 4.78 is 1.84. The highest BCUT2D eigenvalue weighted by atomic mass is 127. The molecule has 1 saturated heterocycles. The molecule has 0 aliphatic carbocycles. The van der Waals surface area contributed by atoms with Gasteiger partial charge >= 0.3 is 0 Å². The van der Waals surface area contributed by atoms with Crippen LogP contribution in [0, 0.1) is 3.57 Å². The zero-order valence-electron chi connectivity index (χ0n) is 9.08. The van der Waals surface area contributed by atoms with Crippen molar-refractivity contribution >= 4 is 50.2 Å². The third-order valence-electron chi connectivity index (χ3n) is 2.77. The van der Waals surface area contributed by atoms with Crippen molar-refractivity contribution in [2.45, 2.75) is 12.8 Å². The summed E-state index contributed by atoms with van der Waals surface area (Å²) in [4.78, 5) is 25.1. The average molecular weight is 408 g/mol. The molecule has 3 nitrogen and oxygen atoms in total. The number of benzene rings is 1. The predicted octanol–water partition coefficient (Wildman–Crippen LogP) is 2.86. The lowest BCUT2D eigenvalue weighted by molar-refractivity contribution is -0.120. The van der Waals surface area contributed by atoms with E-state index in [1.807, 2.05) is 18.2 Å². The minimum Gasteiger partial charge on any atom is -0.338 e. The highest BCUT2D eigenvalue weighted by Crippen LogP contribution is 2.22. The Hall–Kier alpha value is -0.430. The molecular weight excluding hydrogens is 397 g/mol. The molecule has 1 aliphatic rings. The molecule has 5 heteroatoms. The number of nitrogens with zero attached hydrogens (tertiary/aromatic N) is 1. The first kappa shape index (κ1) is 13.0. The lowest BCUT2D eigenvalue weighted by Crippen LogP contribution is -2.38. The Labute approximate surface area is 122 Å². The number of ketones is 1. The normalized spacial score (nSPS) is 16.1. The van der Waals surface area contributed by atoms with E-state index >= 15 is 0 Å². The molecule has 0 aromatic heterocycles. The minimum atomic E-state index is 0.00268. The van der Waals surface area contributed by atoms with Crippen molar-refractivity contribution in [2.24, 2.45) is 0 Å². The second-order valence-corrected chi connectivity index (χ2v) is 6.06. The number of halogens is 2. The van der Waals surface area contributed by atoms with E-state index in [9.17, 15) is 9.59 Å². The molecule has 2 rings (SSSR count). The van der Waals surface area contributed by atoms with Gasteiger partial charge in [-0.3, -0.25) is 9.59 Å². The van der Waals surface area contributed by atoms with E-state index in [0.717, 1.165) is 8.04 Å². The SMILES string of the molecule is O=C1CCN(C(=O)c2cc(I)ccc2Br)CC1. The van der Waals surface area contributed by atoms with Crippen molar-refractivity contribution in [1.29, 1.82) is 0 Å². The van der Waals surface area contributed by atoms with Crippen LogP contribution in [0.4, 0.5) is 0 Å². The Kier molecular flexibility index (Phi) is 4.19. The topological polar surface area (TPSA) is 37.4 Å². The molecule has 0 unspecified atom stereocenters. The summed E-state index contributed by atoms with van der Waals surface area (Å²) in [5.41, 5.74) is 0.672. The van der Waals surface area contributed by atoms with Gasteiger partial charge in [-0.15, -0.1) is 0 Å². The van der Waals surface area contributed by atoms with Crippen LogP contribution >= 0.6 is 38.5 Å². The first-order chi connectivity index (χ1) is 8.08. The van der Waals surface area contributed by atoms with Crippen LogP contribution in [0.2, 0.25) is 0 Å². The second kappa shape index (κ2) is 5.48. The van der Waals surface area contributed by atoms with Crippen molar-refractivity contribution in [2.75, 3.05) is 13.1 Å². The van der Waals surface area contributed by atoms with Crippen LogP contribution in [0.3, 0.4) is 0 Å². The van der Waals surface area contributed by atoms with E-state index in [2.05, 4.69) is 38.5 Å². The number of likely N-dealkylation sites (tertiary alicyclic amines) is 1. The lowest BCUT2D eigenvalue weighted by Gasteiger charge is -2.26. The van der Waals surface area contributed by atoms with E-state index in [0.29, 0.717) is 31.5 Å². The molecule has 1 fully saturated rings. The van der Waals surface area contributed by atoms with Crippen molar-refractivity contribution in [3.63, 3.8) is 0 Å². The fraction of sp³-hybridized carbons (Fsp3) is 0.333. The maximum atomic E-state index is 12.3. The van der Waals surface area contributed by atoms with E-state index < -0.39 is 0 Å². The quantitative estimate of drug-likeness (QED) is 0.671. The summed E-state index contributed by atoms with van der Waals surface area (Å²) in [5, 5.41) is 0. The Morgan fingerprint density at radius 3 is 2.59 bits per heavy atom. The molecule has 0 atom stereocenters. The fourth-order valence-electron chi connectivity index (χ4n) is 1.79. The van der Waals surface area contributed by atoms with Gasteiger partial charge in [-0.05, 0) is 56.7 Å². The smallest absolute Gasteiger partial charge is 0.255 e. The monoisotopic (exact) mass is 407 g/mol. The van der Waals surface area contributed by atoms with E-state index in [4.69, 9.17) is 0 Å². The molecule has 17 heavy (non-hydrogen) atoms. The van der Waals surface area contributed by atoms with Crippen molar-refractivity contribution < 1.29 is 9.59 Å². The summed E-state index contributed by atoms with van der Waals surface area (Å²) in [6.45, 7) is 1.07. The Morgan fingerprint density at radius 2 is 1.94 bits per heavy atom. The number of rotatable bonds is 1. The molecule has 0 radical (unpaired) electrons. The molecular formula is C12H11BrINO2. The molecule has 0 bridgehead atoms. The molecule has 1 heterocycles. The fourth-order valence-corrected chi connectivity index (χ4v) is 2.70. The van der Waals surface area contributed by atoms with Gasteiger partial charge in [-0.1, -0.05) is 0 Å². The van der Waals surface area contributed by atoms with Gasteiger partial charge in [0.25, 0.3) is 5.91 Å². The van der Waals surface area contributed by atoms with Gasteiger partial charge in [0.15, 0.2) is 0 Å². The van der Waals surface area contributed by atoms with Crippen LogP contribution in [0.15, 0.2) is 22.7 Å². The van der Waals surface area contributed by atoms with Crippen LogP contribution in [-0.2, 0) is 4.79 Å². The first-order valence-electron chi connectivity index (χ1n) is 5.34. The van der Waals surface area contributed by atoms with E-state index in [1.54, 1.807) is 4.90 Å². The molecule has 1 aromatic carbocycles. The van der Waals surface area contributed by atoms with Gasteiger partial charge in [0, 0.05) is 34.0 Å². The zero-order valence-corrected chi connectivity index (χ0v) is 12.8. The second-order valence-electron chi connectivity index (χ2n) is 3.96. The van der Waals surface area contributed by atoms with Gasteiger partial charge in [0.1, 0.15) is 5.78 Å². The maximum absolute atomic E-state index is 12.3. The first-order valence-corrected chi connectivity index (χ1v) is 7.21. The molecule has 0 N–H and O–H groups in total.